The normalized spacial score (nSPS) is 15.8. The van der Waals surface area contributed by atoms with Crippen molar-refractivity contribution in [1.82, 2.24) is 14.9 Å². The molecule has 11 heteroatoms. The lowest BCUT2D eigenvalue weighted by molar-refractivity contribution is -0.143. The third-order valence-corrected chi connectivity index (χ3v) is 8.47. The molecule has 0 amide bonds. The number of alkyl halides is 6. The van der Waals surface area contributed by atoms with E-state index in [0.717, 1.165) is 65.5 Å². The number of fused-ring (bicyclic) bond motifs is 1. The van der Waals surface area contributed by atoms with Crippen LogP contribution in [0.25, 0.3) is 10.9 Å². The standard InChI is InChI=1S/C32H29BrF6N4/c1-19-3-2-4-21-13-22(28(41-30(19)21)18-43(26-6-7-26)27-8-9-27)17-42(29-10-5-25(33)15-40-29)16-20-11-23(31(34,35)36)14-24(12-20)32(37,38)39/h2-5,10-15,26-27H,6-9,16-18H2,1H3. The molecule has 0 spiro atoms. The van der Waals surface area contributed by atoms with Gasteiger partial charge in [0.1, 0.15) is 5.82 Å². The van der Waals surface area contributed by atoms with E-state index in [1.54, 1.807) is 23.2 Å². The Morgan fingerprint density at radius 1 is 0.814 bits per heavy atom. The summed E-state index contributed by atoms with van der Waals surface area (Å²) in [6, 6.07) is 14.2. The van der Waals surface area contributed by atoms with Crippen molar-refractivity contribution in [3.63, 3.8) is 0 Å². The Labute approximate surface area is 253 Å². The monoisotopic (exact) mass is 662 g/mol. The van der Waals surface area contributed by atoms with E-state index in [1.807, 2.05) is 31.2 Å². The third-order valence-electron chi connectivity index (χ3n) is 8.00. The largest absolute Gasteiger partial charge is 0.416 e. The van der Waals surface area contributed by atoms with Crippen molar-refractivity contribution in [2.45, 2.75) is 76.7 Å². The number of benzene rings is 2. The van der Waals surface area contributed by atoms with Gasteiger partial charge >= 0.3 is 12.4 Å². The van der Waals surface area contributed by atoms with Crippen LogP contribution in [0.5, 0.6) is 0 Å². The van der Waals surface area contributed by atoms with Crippen molar-refractivity contribution in [3.05, 3.63) is 98.8 Å². The molecular formula is C32H29BrF6N4. The van der Waals surface area contributed by atoms with Gasteiger partial charge in [0.2, 0.25) is 0 Å². The molecule has 2 aliphatic carbocycles. The molecule has 4 aromatic rings. The molecule has 2 aromatic carbocycles. The number of aromatic nitrogens is 2. The van der Waals surface area contributed by atoms with Gasteiger partial charge in [-0.1, -0.05) is 18.2 Å². The fourth-order valence-corrected chi connectivity index (χ4v) is 5.79. The first-order valence-electron chi connectivity index (χ1n) is 14.1. The van der Waals surface area contributed by atoms with Gasteiger partial charge in [-0.2, -0.15) is 26.3 Å². The number of nitrogens with zero attached hydrogens (tertiary/aromatic N) is 4. The first kappa shape index (κ1) is 29.9. The lowest BCUT2D eigenvalue weighted by atomic mass is 10.0. The van der Waals surface area contributed by atoms with Crippen molar-refractivity contribution < 1.29 is 26.3 Å². The number of pyridine rings is 2. The Morgan fingerprint density at radius 3 is 2.02 bits per heavy atom. The Bertz CT molecular complexity index is 1580. The molecule has 4 nitrogen and oxygen atoms in total. The Balaban J connectivity index is 1.43. The van der Waals surface area contributed by atoms with E-state index >= 15 is 0 Å². The zero-order valence-corrected chi connectivity index (χ0v) is 24.9. The quantitative estimate of drug-likeness (QED) is 0.167. The van der Waals surface area contributed by atoms with Crippen LogP contribution >= 0.6 is 15.9 Å². The van der Waals surface area contributed by atoms with Crippen molar-refractivity contribution in [2.75, 3.05) is 4.90 Å². The number of hydrogen-bond donors (Lipinski definition) is 0. The summed E-state index contributed by atoms with van der Waals surface area (Å²) in [5.74, 6) is 0.422. The van der Waals surface area contributed by atoms with Gasteiger partial charge in [0, 0.05) is 47.8 Å². The molecule has 43 heavy (non-hydrogen) atoms. The molecule has 0 N–H and O–H groups in total. The van der Waals surface area contributed by atoms with Crippen LogP contribution in [-0.2, 0) is 32.0 Å². The van der Waals surface area contributed by atoms with Crippen LogP contribution in [0.2, 0.25) is 0 Å². The molecule has 0 radical (unpaired) electrons. The van der Waals surface area contributed by atoms with Gasteiger partial charge in [-0.05, 0) is 102 Å². The molecular weight excluding hydrogens is 634 g/mol. The summed E-state index contributed by atoms with van der Waals surface area (Å²) in [6.45, 7) is 2.62. The summed E-state index contributed by atoms with van der Waals surface area (Å²) in [7, 11) is 0. The molecule has 0 bridgehead atoms. The lowest BCUT2D eigenvalue weighted by Gasteiger charge is -2.28. The molecule has 226 valence electrons. The summed E-state index contributed by atoms with van der Waals surface area (Å²) in [6.07, 6.45) is -3.73. The van der Waals surface area contributed by atoms with Crippen LogP contribution in [0.4, 0.5) is 32.2 Å². The highest BCUT2D eigenvalue weighted by molar-refractivity contribution is 9.10. The summed E-state index contributed by atoms with van der Waals surface area (Å²) in [5, 5.41) is 0.922. The highest BCUT2D eigenvalue weighted by atomic mass is 79.9. The van der Waals surface area contributed by atoms with Gasteiger partial charge in [0.05, 0.1) is 22.3 Å². The second kappa shape index (κ2) is 11.4. The Morgan fingerprint density at radius 2 is 1.47 bits per heavy atom. The molecule has 2 aromatic heterocycles. The number of hydrogen-bond acceptors (Lipinski definition) is 4. The number of halogens is 7. The maximum absolute atomic E-state index is 13.7. The molecule has 2 fully saturated rings. The average Bonchev–Trinajstić information content (AvgIpc) is 3.86. The molecule has 0 saturated heterocycles. The first-order chi connectivity index (χ1) is 20.3. The van der Waals surface area contributed by atoms with Crippen LogP contribution in [0.3, 0.4) is 0 Å². The van der Waals surface area contributed by atoms with Crippen molar-refractivity contribution >= 4 is 32.7 Å². The Kier molecular flexibility index (Phi) is 7.91. The van der Waals surface area contributed by atoms with Crippen LogP contribution in [-0.4, -0.2) is 27.0 Å². The minimum absolute atomic E-state index is 0.115. The van der Waals surface area contributed by atoms with E-state index in [9.17, 15) is 26.3 Å². The number of aryl methyl sites for hydroxylation is 1. The molecule has 0 unspecified atom stereocenters. The number of para-hydroxylation sites is 1. The topological polar surface area (TPSA) is 32.3 Å². The predicted molar refractivity (Wildman–Crippen MR) is 156 cm³/mol. The summed E-state index contributed by atoms with van der Waals surface area (Å²) in [4.78, 5) is 13.8. The minimum Gasteiger partial charge on any atom is -0.348 e. The van der Waals surface area contributed by atoms with Crippen LogP contribution in [0, 0.1) is 6.92 Å². The molecule has 0 aliphatic heterocycles. The van der Waals surface area contributed by atoms with Gasteiger partial charge in [-0.25, -0.2) is 4.98 Å². The summed E-state index contributed by atoms with van der Waals surface area (Å²) in [5.41, 5.74) is 0.845. The van der Waals surface area contributed by atoms with Gasteiger partial charge in [-0.3, -0.25) is 9.88 Å². The fraction of sp³-hybridized carbons (Fsp3) is 0.375. The van der Waals surface area contributed by atoms with Gasteiger partial charge < -0.3 is 4.90 Å². The molecule has 2 heterocycles. The van der Waals surface area contributed by atoms with Crippen LogP contribution in [0.1, 0.15) is 59.2 Å². The predicted octanol–water partition coefficient (Wildman–Crippen LogP) is 9.07. The van der Waals surface area contributed by atoms with E-state index in [-0.39, 0.29) is 24.7 Å². The van der Waals surface area contributed by atoms with E-state index in [1.165, 1.54) is 0 Å². The molecule has 0 atom stereocenters. The van der Waals surface area contributed by atoms with E-state index in [4.69, 9.17) is 4.98 Å². The average molecular weight is 664 g/mol. The second-order valence-corrected chi connectivity index (χ2v) is 12.4. The summed E-state index contributed by atoms with van der Waals surface area (Å²) >= 11 is 3.36. The van der Waals surface area contributed by atoms with Crippen LogP contribution < -0.4 is 4.90 Å². The van der Waals surface area contributed by atoms with Crippen molar-refractivity contribution in [3.8, 4) is 0 Å². The van der Waals surface area contributed by atoms with Crippen LogP contribution in [0.15, 0.2) is 65.3 Å². The SMILES string of the molecule is Cc1cccc2cc(CN(Cc3cc(C(F)(F)F)cc(C(F)(F)F)c3)c3ccc(Br)cn3)c(CN(C3CC3)C3CC3)nc12. The lowest BCUT2D eigenvalue weighted by Crippen LogP contribution is -2.30. The Hall–Kier alpha value is -3.18. The van der Waals surface area contributed by atoms with E-state index < -0.39 is 23.5 Å². The minimum atomic E-state index is -4.93. The van der Waals surface area contributed by atoms with Gasteiger partial charge in [0.25, 0.3) is 0 Å². The zero-order valence-electron chi connectivity index (χ0n) is 23.3. The van der Waals surface area contributed by atoms with Gasteiger partial charge in [-0.15, -0.1) is 0 Å². The third kappa shape index (κ3) is 6.98. The number of rotatable bonds is 9. The molecule has 6 rings (SSSR count). The highest BCUT2D eigenvalue weighted by Gasteiger charge is 2.40. The van der Waals surface area contributed by atoms with Crippen molar-refractivity contribution in [2.24, 2.45) is 0 Å². The summed E-state index contributed by atoms with van der Waals surface area (Å²) < 4.78 is 82.7. The fourth-order valence-electron chi connectivity index (χ4n) is 5.55. The van der Waals surface area contributed by atoms with Crippen molar-refractivity contribution in [1.29, 1.82) is 0 Å². The zero-order chi connectivity index (χ0) is 30.5. The second-order valence-electron chi connectivity index (χ2n) is 11.5. The van der Waals surface area contributed by atoms with E-state index in [2.05, 4.69) is 25.8 Å². The molecule has 2 aliphatic rings. The maximum Gasteiger partial charge on any atom is 0.416 e. The molecule has 2 saturated carbocycles. The number of anilines is 1. The van der Waals surface area contributed by atoms with Gasteiger partial charge in [0.15, 0.2) is 0 Å². The highest BCUT2D eigenvalue weighted by Crippen LogP contribution is 2.40. The first-order valence-corrected chi connectivity index (χ1v) is 14.9. The van der Waals surface area contributed by atoms with E-state index in [0.29, 0.717) is 28.9 Å². The smallest absolute Gasteiger partial charge is 0.348 e. The maximum atomic E-state index is 13.7.